The van der Waals surface area contributed by atoms with Crippen LogP contribution in [0.25, 0.3) is 0 Å². The van der Waals surface area contributed by atoms with E-state index in [1.807, 2.05) is 6.07 Å². The van der Waals surface area contributed by atoms with E-state index < -0.39 is 16.6 Å². The van der Waals surface area contributed by atoms with E-state index >= 15 is 0 Å². The van der Waals surface area contributed by atoms with Crippen LogP contribution in [0.4, 0.5) is 0 Å². The minimum absolute atomic E-state index is 1.09. The predicted octanol–water partition coefficient (Wildman–Crippen LogP) is 2.51. The molecule has 0 aliphatic rings. The Morgan fingerprint density at radius 1 is 0.938 bits per heavy atom. The third-order valence-electron chi connectivity index (χ3n) is 2.64. The Hall–Kier alpha value is -0.426. The van der Waals surface area contributed by atoms with Crippen LogP contribution in [0.2, 0.25) is 25.3 Å². The molecule has 0 saturated heterocycles. The maximum absolute atomic E-state index is 5.80. The van der Waals surface area contributed by atoms with Gasteiger partial charge in [0.2, 0.25) is 0 Å². The maximum Gasteiger partial charge on any atom is 0.369 e. The van der Waals surface area contributed by atoms with Gasteiger partial charge in [0.1, 0.15) is 0 Å². The van der Waals surface area contributed by atoms with Crippen molar-refractivity contribution in [2.75, 3.05) is 14.2 Å². The lowest BCUT2D eigenvalue weighted by atomic mass is 10.4. The van der Waals surface area contributed by atoms with Crippen molar-refractivity contribution in [2.45, 2.75) is 25.3 Å². The highest BCUT2D eigenvalue weighted by Crippen LogP contribution is 2.20. The first-order chi connectivity index (χ1) is 7.43. The zero-order valence-electron chi connectivity index (χ0n) is 10.9. The lowest BCUT2D eigenvalue weighted by molar-refractivity contribution is 0.262. The Balaban J connectivity index is 3.06. The van der Waals surface area contributed by atoms with Gasteiger partial charge in [-0.1, -0.05) is 50.0 Å². The predicted molar refractivity (Wildman–Crippen MR) is 74.0 cm³/mol. The van der Waals surface area contributed by atoms with Gasteiger partial charge in [0.05, 0.1) is 0 Å². The van der Waals surface area contributed by atoms with Gasteiger partial charge in [0.25, 0.3) is 0 Å². The molecule has 1 aromatic carbocycles. The van der Waals surface area contributed by atoms with Crippen LogP contribution in [0.5, 0.6) is 0 Å². The van der Waals surface area contributed by atoms with Gasteiger partial charge in [0, 0.05) is 22.3 Å². The van der Waals surface area contributed by atoms with Crippen molar-refractivity contribution in [3.63, 3.8) is 0 Å². The first-order valence-electron chi connectivity index (χ1n) is 5.59. The molecule has 0 unspecified atom stereocenters. The van der Waals surface area contributed by atoms with Crippen LogP contribution in [0.3, 0.4) is 0 Å². The summed E-state index contributed by atoms with van der Waals surface area (Å²) in [6.45, 7) is 7.07. The molecule has 0 saturated carbocycles. The van der Waals surface area contributed by atoms with Crippen molar-refractivity contribution in [2.24, 2.45) is 0 Å². The molecule has 1 aromatic rings. The molecule has 0 aliphatic carbocycles. The van der Waals surface area contributed by atoms with E-state index in [2.05, 4.69) is 43.9 Å². The Labute approximate surface area is 101 Å². The number of hydrogen-bond donors (Lipinski definition) is 0. The Morgan fingerprint density at radius 3 is 1.81 bits per heavy atom. The Bertz CT molecular complexity index is 316. The molecule has 0 spiro atoms. The Kier molecular flexibility index (Phi) is 4.49. The van der Waals surface area contributed by atoms with Gasteiger partial charge in [0.15, 0.2) is 0 Å². The summed E-state index contributed by atoms with van der Waals surface area (Å²) in [6.07, 6.45) is 0. The topological polar surface area (TPSA) is 18.5 Å². The molecule has 0 aromatic heterocycles. The summed E-state index contributed by atoms with van der Waals surface area (Å²) in [6, 6.07) is 10.4. The van der Waals surface area contributed by atoms with Gasteiger partial charge < -0.3 is 8.85 Å². The number of benzene rings is 1. The number of rotatable bonds is 5. The average Bonchev–Trinajstić information content (AvgIpc) is 2.26. The van der Waals surface area contributed by atoms with Gasteiger partial charge in [-0.25, -0.2) is 0 Å². The molecule has 0 atom stereocenters. The molecule has 0 aliphatic heterocycles. The molecule has 0 heterocycles. The van der Waals surface area contributed by atoms with Crippen LogP contribution in [0.1, 0.15) is 0 Å². The smallest absolute Gasteiger partial charge is 0.369 e. The fourth-order valence-corrected chi connectivity index (χ4v) is 10.9. The Morgan fingerprint density at radius 2 is 1.44 bits per heavy atom. The van der Waals surface area contributed by atoms with Crippen LogP contribution < -0.4 is 5.19 Å². The van der Waals surface area contributed by atoms with Crippen molar-refractivity contribution >= 4 is 21.8 Å². The molecule has 0 radical (unpaired) electrons. The molecule has 16 heavy (non-hydrogen) atoms. The first kappa shape index (κ1) is 13.6. The van der Waals surface area contributed by atoms with E-state index in [-0.39, 0.29) is 0 Å². The van der Waals surface area contributed by atoms with Gasteiger partial charge >= 0.3 is 8.56 Å². The molecule has 0 N–H and O–H groups in total. The first-order valence-corrected chi connectivity index (χ1v) is 11.3. The van der Waals surface area contributed by atoms with Crippen molar-refractivity contribution in [1.82, 2.24) is 0 Å². The summed E-state index contributed by atoms with van der Waals surface area (Å²) in [5, 5.41) is 1.24. The fourth-order valence-electron chi connectivity index (χ4n) is 1.96. The molecule has 0 amide bonds. The van der Waals surface area contributed by atoms with Crippen molar-refractivity contribution in [3.05, 3.63) is 30.3 Å². The van der Waals surface area contributed by atoms with E-state index in [9.17, 15) is 0 Å². The average molecular weight is 254 g/mol. The summed E-state index contributed by atoms with van der Waals surface area (Å²) in [4.78, 5) is 0. The largest absolute Gasteiger partial charge is 0.394 e. The SMILES string of the molecule is CO[Si](C[Si](C)(C)C)(OC)c1ccccc1. The molecule has 1 rings (SSSR count). The van der Waals surface area contributed by atoms with Crippen LogP contribution in [0, 0.1) is 0 Å². The normalized spacial score (nSPS) is 12.8. The third kappa shape index (κ3) is 3.28. The van der Waals surface area contributed by atoms with Crippen LogP contribution in [-0.4, -0.2) is 30.9 Å². The van der Waals surface area contributed by atoms with E-state index in [0.717, 1.165) is 5.67 Å². The second-order valence-electron chi connectivity index (χ2n) is 5.26. The highest BCUT2D eigenvalue weighted by Gasteiger charge is 2.42. The van der Waals surface area contributed by atoms with E-state index in [1.54, 1.807) is 14.2 Å². The minimum atomic E-state index is -2.19. The summed E-state index contributed by atoms with van der Waals surface area (Å²) >= 11 is 0. The van der Waals surface area contributed by atoms with Gasteiger partial charge in [-0.2, -0.15) is 0 Å². The quantitative estimate of drug-likeness (QED) is 0.752. The van der Waals surface area contributed by atoms with Crippen molar-refractivity contribution < 1.29 is 8.85 Å². The lowest BCUT2D eigenvalue weighted by Gasteiger charge is -2.32. The molecule has 0 bridgehead atoms. The van der Waals surface area contributed by atoms with Crippen molar-refractivity contribution in [3.8, 4) is 0 Å². The second-order valence-corrected chi connectivity index (χ2v) is 14.7. The third-order valence-corrected chi connectivity index (χ3v) is 11.3. The zero-order chi connectivity index (χ0) is 12.2. The van der Waals surface area contributed by atoms with E-state index in [1.165, 1.54) is 5.19 Å². The molecule has 4 heteroatoms. The second kappa shape index (κ2) is 5.27. The van der Waals surface area contributed by atoms with Crippen LogP contribution in [0.15, 0.2) is 30.3 Å². The molecule has 2 nitrogen and oxygen atoms in total. The maximum atomic E-state index is 5.80. The summed E-state index contributed by atoms with van der Waals surface area (Å²) in [5.74, 6) is 0. The highest BCUT2D eigenvalue weighted by molar-refractivity contribution is 6.96. The standard InChI is InChI=1S/C12H22O2Si2/c1-13-16(14-2,11-15(3,4)5)12-9-7-6-8-10-12/h6-10H,11H2,1-5H3. The summed E-state index contributed by atoms with van der Waals surface area (Å²) in [7, 11) is 0.162. The van der Waals surface area contributed by atoms with E-state index in [0.29, 0.717) is 0 Å². The fraction of sp³-hybridized carbons (Fsp3) is 0.500. The molecule has 0 fully saturated rings. The lowest BCUT2D eigenvalue weighted by Crippen LogP contribution is -2.56. The van der Waals surface area contributed by atoms with Gasteiger partial charge in [-0.15, -0.1) is 0 Å². The van der Waals surface area contributed by atoms with Gasteiger partial charge in [-0.3, -0.25) is 0 Å². The summed E-state index contributed by atoms with van der Waals surface area (Å²) in [5.41, 5.74) is 1.09. The van der Waals surface area contributed by atoms with Crippen LogP contribution in [-0.2, 0) is 8.85 Å². The van der Waals surface area contributed by atoms with E-state index in [4.69, 9.17) is 8.85 Å². The number of hydrogen-bond acceptors (Lipinski definition) is 2. The summed E-state index contributed by atoms with van der Waals surface area (Å²) < 4.78 is 11.6. The minimum Gasteiger partial charge on any atom is -0.394 e. The van der Waals surface area contributed by atoms with Crippen molar-refractivity contribution in [1.29, 1.82) is 0 Å². The van der Waals surface area contributed by atoms with Gasteiger partial charge in [-0.05, 0) is 10.9 Å². The monoisotopic (exact) mass is 254 g/mol. The van der Waals surface area contributed by atoms with Crippen LogP contribution >= 0.6 is 0 Å². The molecular weight excluding hydrogens is 232 g/mol. The molecule has 90 valence electrons. The molecular formula is C12H22O2Si2. The zero-order valence-corrected chi connectivity index (χ0v) is 12.9. The highest BCUT2D eigenvalue weighted by atomic mass is 28.4.